The monoisotopic (exact) mass is 169 g/mol. The van der Waals surface area contributed by atoms with Gasteiger partial charge in [-0.15, -0.1) is 0 Å². The largest absolute Gasteiger partial charge is 0.306 e. The summed E-state index contributed by atoms with van der Waals surface area (Å²) in [6.07, 6.45) is 3.99. The molecule has 1 aliphatic rings. The predicted molar refractivity (Wildman–Crippen MR) is 53.1 cm³/mol. The topological polar surface area (TPSA) is 6.48 Å². The quantitative estimate of drug-likeness (QED) is 0.624. The van der Waals surface area contributed by atoms with E-state index in [4.69, 9.17) is 0 Å². The molecule has 1 radical (unpaired) electrons. The van der Waals surface area contributed by atoms with E-state index in [1.165, 1.54) is 38.9 Å². The summed E-state index contributed by atoms with van der Waals surface area (Å²) >= 11 is 0. The summed E-state index contributed by atoms with van der Waals surface area (Å²) in [5.74, 6) is 0. The minimum atomic E-state index is 0.477. The van der Waals surface area contributed by atoms with Crippen LogP contribution in [0.4, 0.5) is 0 Å². The third-order valence-electron chi connectivity index (χ3n) is 2.71. The Morgan fingerprint density at radius 1 is 1.33 bits per heavy atom. The molecule has 1 atom stereocenters. The number of hydrogen-bond donors (Lipinski definition) is 0. The van der Waals surface area contributed by atoms with Crippen molar-refractivity contribution in [2.24, 2.45) is 0 Å². The van der Waals surface area contributed by atoms with Gasteiger partial charge in [-0.25, -0.2) is 0 Å². The first-order valence-electron chi connectivity index (χ1n) is 4.92. The lowest BCUT2D eigenvalue weighted by Gasteiger charge is -2.22. The highest BCUT2D eigenvalue weighted by atomic mass is 15.1. The van der Waals surface area contributed by atoms with Crippen molar-refractivity contribution < 1.29 is 0 Å². The van der Waals surface area contributed by atoms with Crippen LogP contribution in [0.25, 0.3) is 0 Å². The third-order valence-corrected chi connectivity index (χ3v) is 2.71. The minimum absolute atomic E-state index is 0.477. The number of rotatable bonds is 4. The van der Waals surface area contributed by atoms with Crippen LogP contribution in [0.5, 0.6) is 0 Å². The fraction of sp³-hybridized carbons (Fsp3) is 0.900. The molecular formula is C10H21N2. The first-order chi connectivity index (χ1) is 5.70. The molecule has 0 saturated carbocycles. The molecule has 1 rings (SSSR count). The Kier molecular flexibility index (Phi) is 4.02. The van der Waals surface area contributed by atoms with Crippen LogP contribution in [-0.4, -0.2) is 49.6 Å². The smallest absolute Gasteiger partial charge is 0.0102 e. The second-order valence-corrected chi connectivity index (χ2v) is 3.95. The summed E-state index contributed by atoms with van der Waals surface area (Å²) in [7, 11) is 4.20. The Labute approximate surface area is 76.5 Å². The normalized spacial score (nSPS) is 22.0. The van der Waals surface area contributed by atoms with Gasteiger partial charge in [-0.2, -0.15) is 0 Å². The Morgan fingerprint density at radius 2 is 1.92 bits per heavy atom. The van der Waals surface area contributed by atoms with Gasteiger partial charge in [0.05, 0.1) is 0 Å². The molecule has 1 fully saturated rings. The maximum Gasteiger partial charge on any atom is 0.0102 e. The van der Waals surface area contributed by atoms with Crippen molar-refractivity contribution >= 4 is 0 Å². The van der Waals surface area contributed by atoms with Crippen LogP contribution in [0.2, 0.25) is 0 Å². The first kappa shape index (κ1) is 10.0. The lowest BCUT2D eigenvalue weighted by atomic mass is 10.2. The van der Waals surface area contributed by atoms with Crippen LogP contribution < -0.4 is 0 Å². The van der Waals surface area contributed by atoms with E-state index in [-0.39, 0.29) is 0 Å². The number of likely N-dealkylation sites (tertiary alicyclic amines) is 1. The van der Waals surface area contributed by atoms with Gasteiger partial charge in [0.15, 0.2) is 0 Å². The van der Waals surface area contributed by atoms with Crippen molar-refractivity contribution in [2.45, 2.75) is 25.3 Å². The zero-order valence-corrected chi connectivity index (χ0v) is 8.42. The lowest BCUT2D eigenvalue weighted by molar-refractivity contribution is 0.266. The zero-order valence-electron chi connectivity index (χ0n) is 8.42. The van der Waals surface area contributed by atoms with Crippen LogP contribution in [-0.2, 0) is 0 Å². The minimum Gasteiger partial charge on any atom is -0.306 e. The van der Waals surface area contributed by atoms with Gasteiger partial charge in [0, 0.05) is 6.04 Å². The van der Waals surface area contributed by atoms with Gasteiger partial charge in [0.2, 0.25) is 0 Å². The molecule has 2 heteroatoms. The van der Waals surface area contributed by atoms with Crippen LogP contribution in [0.1, 0.15) is 19.3 Å². The van der Waals surface area contributed by atoms with Crippen molar-refractivity contribution in [1.82, 2.24) is 9.80 Å². The summed E-state index contributed by atoms with van der Waals surface area (Å²) in [5.41, 5.74) is 0. The first-order valence-corrected chi connectivity index (χ1v) is 4.92. The second kappa shape index (κ2) is 4.83. The van der Waals surface area contributed by atoms with Crippen LogP contribution in [0.3, 0.4) is 0 Å². The van der Waals surface area contributed by atoms with Crippen molar-refractivity contribution in [3.8, 4) is 0 Å². The summed E-state index contributed by atoms with van der Waals surface area (Å²) in [6, 6.07) is 0.477. The molecule has 0 aromatic rings. The molecular weight excluding hydrogens is 148 g/mol. The summed E-state index contributed by atoms with van der Waals surface area (Å²) < 4.78 is 0. The van der Waals surface area contributed by atoms with E-state index in [2.05, 4.69) is 30.8 Å². The van der Waals surface area contributed by atoms with E-state index in [9.17, 15) is 0 Å². The van der Waals surface area contributed by atoms with Gasteiger partial charge in [0.25, 0.3) is 0 Å². The Bertz CT molecular complexity index is 115. The molecule has 71 valence electrons. The Balaban J connectivity index is 2.07. The third kappa shape index (κ3) is 3.11. The highest BCUT2D eigenvalue weighted by Gasteiger charge is 2.12. The number of hydrogen-bond acceptors (Lipinski definition) is 2. The van der Waals surface area contributed by atoms with Gasteiger partial charge in [0.1, 0.15) is 0 Å². The average Bonchev–Trinajstić information content (AvgIpc) is 2.51. The van der Waals surface area contributed by atoms with E-state index in [1.54, 1.807) is 0 Å². The molecule has 0 bridgehead atoms. The van der Waals surface area contributed by atoms with Crippen molar-refractivity contribution in [3.63, 3.8) is 0 Å². The summed E-state index contributed by atoms with van der Waals surface area (Å²) in [4.78, 5) is 4.73. The van der Waals surface area contributed by atoms with Crippen molar-refractivity contribution in [2.75, 3.05) is 33.7 Å². The maximum absolute atomic E-state index is 4.10. The zero-order chi connectivity index (χ0) is 8.97. The molecule has 2 nitrogen and oxygen atoms in total. The predicted octanol–water partition coefficient (Wildman–Crippen LogP) is 1.24. The fourth-order valence-electron chi connectivity index (χ4n) is 1.60. The fourth-order valence-corrected chi connectivity index (χ4v) is 1.60. The maximum atomic E-state index is 4.10. The molecule has 1 heterocycles. The molecule has 0 aromatic carbocycles. The summed E-state index contributed by atoms with van der Waals surface area (Å²) in [6.45, 7) is 7.94. The molecule has 1 aliphatic heterocycles. The van der Waals surface area contributed by atoms with E-state index in [0.29, 0.717) is 6.04 Å². The Morgan fingerprint density at radius 3 is 2.42 bits per heavy atom. The van der Waals surface area contributed by atoms with Gasteiger partial charge < -0.3 is 9.80 Å². The molecule has 0 N–H and O–H groups in total. The Hall–Kier alpha value is -0.0800. The number of nitrogens with zero attached hydrogens (tertiary/aromatic N) is 2. The van der Waals surface area contributed by atoms with E-state index in [1.807, 2.05) is 0 Å². The highest BCUT2D eigenvalue weighted by Crippen LogP contribution is 2.09. The molecule has 1 unspecified atom stereocenters. The van der Waals surface area contributed by atoms with Crippen molar-refractivity contribution in [1.29, 1.82) is 0 Å². The van der Waals surface area contributed by atoms with Crippen LogP contribution >= 0.6 is 0 Å². The van der Waals surface area contributed by atoms with E-state index < -0.39 is 0 Å². The summed E-state index contributed by atoms with van der Waals surface area (Å²) in [5, 5.41) is 0. The van der Waals surface area contributed by atoms with Gasteiger partial charge in [-0.05, 0) is 59.9 Å². The SMILES string of the molecule is [CH2]C(CCN1CCCC1)N(C)C. The molecule has 12 heavy (non-hydrogen) atoms. The van der Waals surface area contributed by atoms with E-state index in [0.717, 1.165) is 0 Å². The highest BCUT2D eigenvalue weighted by molar-refractivity contribution is 4.73. The molecule has 1 saturated heterocycles. The molecule has 0 spiro atoms. The molecule has 0 amide bonds. The second-order valence-electron chi connectivity index (χ2n) is 3.95. The van der Waals surface area contributed by atoms with E-state index >= 15 is 0 Å². The lowest BCUT2D eigenvalue weighted by Crippen LogP contribution is -2.30. The van der Waals surface area contributed by atoms with Crippen LogP contribution in [0.15, 0.2) is 0 Å². The van der Waals surface area contributed by atoms with Crippen LogP contribution in [0, 0.1) is 6.92 Å². The molecule has 0 aliphatic carbocycles. The van der Waals surface area contributed by atoms with Gasteiger partial charge in [-0.1, -0.05) is 0 Å². The van der Waals surface area contributed by atoms with Gasteiger partial charge in [-0.3, -0.25) is 0 Å². The molecule has 0 aromatic heterocycles. The van der Waals surface area contributed by atoms with Gasteiger partial charge >= 0.3 is 0 Å². The standard InChI is InChI=1S/C10H21N2/c1-10(11(2)3)6-9-12-7-4-5-8-12/h10H,1,4-9H2,2-3H3. The average molecular weight is 169 g/mol. The van der Waals surface area contributed by atoms with Crippen molar-refractivity contribution in [3.05, 3.63) is 6.92 Å².